The van der Waals surface area contributed by atoms with E-state index in [1.807, 2.05) is 4.90 Å². The molecule has 0 saturated carbocycles. The largest absolute Gasteiger partial charge is 0.366 e. The third-order valence-electron chi connectivity index (χ3n) is 2.85. The van der Waals surface area contributed by atoms with Gasteiger partial charge in [0.05, 0.1) is 0 Å². The molecule has 4 nitrogen and oxygen atoms in total. The molecule has 1 aromatic rings. The van der Waals surface area contributed by atoms with Crippen molar-refractivity contribution in [3.05, 3.63) is 24.1 Å². The number of piperidine rings is 1. The summed E-state index contributed by atoms with van der Waals surface area (Å²) >= 11 is 0. The average Bonchev–Trinajstić information content (AvgIpc) is 2.34. The molecule has 1 N–H and O–H groups in total. The summed E-state index contributed by atoms with van der Waals surface area (Å²) in [6.45, 7) is 1.94. The second kappa shape index (κ2) is 5.61. The standard InChI is InChI=1S/C12H16FN3O/c13-10-4-3-6-14-12(10)15-7-9-16-8-2-1-5-11(16)17/h3-4,6H,1-2,5,7-9H2,(H,14,15). The fourth-order valence-electron chi connectivity index (χ4n) is 1.92. The van der Waals surface area contributed by atoms with Crippen LogP contribution in [0.15, 0.2) is 18.3 Å². The number of anilines is 1. The van der Waals surface area contributed by atoms with Crippen molar-refractivity contribution >= 4 is 11.7 Å². The molecule has 1 aliphatic heterocycles. The van der Waals surface area contributed by atoms with Crippen LogP contribution in [0.25, 0.3) is 0 Å². The summed E-state index contributed by atoms with van der Waals surface area (Å²) in [7, 11) is 0. The molecule has 0 unspecified atom stereocenters. The maximum Gasteiger partial charge on any atom is 0.222 e. The molecular weight excluding hydrogens is 221 g/mol. The zero-order valence-corrected chi connectivity index (χ0v) is 9.66. The number of amides is 1. The van der Waals surface area contributed by atoms with Gasteiger partial charge in [0.25, 0.3) is 0 Å². The molecule has 0 radical (unpaired) electrons. The van der Waals surface area contributed by atoms with Gasteiger partial charge in [-0.3, -0.25) is 4.79 Å². The van der Waals surface area contributed by atoms with Gasteiger partial charge in [0.15, 0.2) is 11.6 Å². The van der Waals surface area contributed by atoms with Crippen LogP contribution in [0.2, 0.25) is 0 Å². The minimum absolute atomic E-state index is 0.194. The third kappa shape index (κ3) is 3.15. The number of carbonyl (C=O) groups excluding carboxylic acids is 1. The Labute approximate surface area is 99.8 Å². The van der Waals surface area contributed by atoms with Crippen molar-refractivity contribution in [3.63, 3.8) is 0 Å². The number of halogens is 1. The van der Waals surface area contributed by atoms with E-state index in [4.69, 9.17) is 0 Å². The summed E-state index contributed by atoms with van der Waals surface area (Å²) < 4.78 is 13.2. The van der Waals surface area contributed by atoms with E-state index < -0.39 is 0 Å². The first-order chi connectivity index (χ1) is 8.27. The fraction of sp³-hybridized carbons (Fsp3) is 0.500. The van der Waals surface area contributed by atoms with Gasteiger partial charge in [0, 0.05) is 32.3 Å². The minimum atomic E-state index is -0.363. The van der Waals surface area contributed by atoms with E-state index in [-0.39, 0.29) is 17.5 Å². The van der Waals surface area contributed by atoms with E-state index in [9.17, 15) is 9.18 Å². The molecule has 2 heterocycles. The van der Waals surface area contributed by atoms with Gasteiger partial charge in [0.2, 0.25) is 5.91 Å². The first-order valence-corrected chi connectivity index (χ1v) is 5.89. The number of carbonyl (C=O) groups is 1. The summed E-state index contributed by atoms with van der Waals surface area (Å²) in [4.78, 5) is 17.2. The number of nitrogens with zero attached hydrogens (tertiary/aromatic N) is 2. The molecule has 1 saturated heterocycles. The Kier molecular flexibility index (Phi) is 3.90. The van der Waals surface area contributed by atoms with Crippen LogP contribution in [-0.2, 0) is 4.79 Å². The minimum Gasteiger partial charge on any atom is -0.366 e. The maximum atomic E-state index is 13.2. The van der Waals surface area contributed by atoms with Crippen molar-refractivity contribution in [1.29, 1.82) is 0 Å². The molecule has 2 rings (SSSR count). The number of nitrogens with one attached hydrogen (secondary N) is 1. The van der Waals surface area contributed by atoms with Crippen LogP contribution in [0.1, 0.15) is 19.3 Å². The van der Waals surface area contributed by atoms with Crippen molar-refractivity contribution in [2.24, 2.45) is 0 Å². The van der Waals surface area contributed by atoms with Crippen LogP contribution in [0.3, 0.4) is 0 Å². The van der Waals surface area contributed by atoms with Crippen molar-refractivity contribution in [3.8, 4) is 0 Å². The lowest BCUT2D eigenvalue weighted by Crippen LogP contribution is -2.38. The van der Waals surface area contributed by atoms with Gasteiger partial charge >= 0.3 is 0 Å². The lowest BCUT2D eigenvalue weighted by atomic mass is 10.1. The second-order valence-corrected chi connectivity index (χ2v) is 4.10. The Hall–Kier alpha value is -1.65. The topological polar surface area (TPSA) is 45.2 Å². The highest BCUT2D eigenvalue weighted by Crippen LogP contribution is 2.11. The average molecular weight is 237 g/mol. The number of rotatable bonds is 4. The first-order valence-electron chi connectivity index (χ1n) is 5.89. The predicted octanol–water partition coefficient (Wildman–Crippen LogP) is 1.65. The molecule has 1 fully saturated rings. The molecule has 0 spiro atoms. The Morgan fingerprint density at radius 3 is 3.12 bits per heavy atom. The van der Waals surface area contributed by atoms with Gasteiger partial charge in [-0.05, 0) is 25.0 Å². The Bertz CT molecular complexity index is 397. The maximum absolute atomic E-state index is 13.2. The highest BCUT2D eigenvalue weighted by molar-refractivity contribution is 5.76. The molecule has 17 heavy (non-hydrogen) atoms. The van der Waals surface area contributed by atoms with E-state index >= 15 is 0 Å². The normalized spacial score (nSPS) is 16.1. The number of aromatic nitrogens is 1. The molecule has 0 bridgehead atoms. The highest BCUT2D eigenvalue weighted by Gasteiger charge is 2.17. The first kappa shape index (κ1) is 11.8. The van der Waals surface area contributed by atoms with Gasteiger partial charge in [-0.2, -0.15) is 0 Å². The van der Waals surface area contributed by atoms with Crippen molar-refractivity contribution in [1.82, 2.24) is 9.88 Å². The zero-order chi connectivity index (χ0) is 12.1. The van der Waals surface area contributed by atoms with Gasteiger partial charge in [-0.15, -0.1) is 0 Å². The van der Waals surface area contributed by atoms with Crippen LogP contribution in [0.4, 0.5) is 10.2 Å². The Balaban J connectivity index is 1.79. The third-order valence-corrected chi connectivity index (χ3v) is 2.85. The van der Waals surface area contributed by atoms with Crippen molar-refractivity contribution in [2.45, 2.75) is 19.3 Å². The summed E-state index contributed by atoms with van der Waals surface area (Å²) in [5, 5.41) is 2.90. The molecule has 92 valence electrons. The summed E-state index contributed by atoms with van der Waals surface area (Å²) in [5.41, 5.74) is 0. The molecule has 0 aliphatic carbocycles. The summed E-state index contributed by atoms with van der Waals surface area (Å²) in [6.07, 6.45) is 4.22. The number of hydrogen-bond acceptors (Lipinski definition) is 3. The molecular formula is C12H16FN3O. The molecule has 5 heteroatoms. The van der Waals surface area contributed by atoms with E-state index in [2.05, 4.69) is 10.3 Å². The van der Waals surface area contributed by atoms with E-state index in [0.717, 1.165) is 19.4 Å². The Morgan fingerprint density at radius 1 is 1.47 bits per heavy atom. The quantitative estimate of drug-likeness (QED) is 0.866. The van der Waals surface area contributed by atoms with Crippen molar-refractivity contribution < 1.29 is 9.18 Å². The molecule has 1 aromatic heterocycles. The summed E-state index contributed by atoms with van der Waals surface area (Å²) in [5.74, 6) is 0.0778. The SMILES string of the molecule is O=C1CCCCN1CCNc1ncccc1F. The van der Waals surface area contributed by atoms with Crippen LogP contribution < -0.4 is 5.32 Å². The number of likely N-dealkylation sites (tertiary alicyclic amines) is 1. The summed E-state index contributed by atoms with van der Waals surface area (Å²) in [6, 6.07) is 2.91. The van der Waals surface area contributed by atoms with E-state index in [1.165, 1.54) is 12.3 Å². The fourth-order valence-corrected chi connectivity index (χ4v) is 1.92. The molecule has 0 aromatic carbocycles. The lowest BCUT2D eigenvalue weighted by Gasteiger charge is -2.26. The van der Waals surface area contributed by atoms with Gasteiger partial charge < -0.3 is 10.2 Å². The molecule has 1 aliphatic rings. The molecule has 0 atom stereocenters. The van der Waals surface area contributed by atoms with Gasteiger partial charge in [0.1, 0.15) is 0 Å². The van der Waals surface area contributed by atoms with E-state index in [0.29, 0.717) is 19.5 Å². The van der Waals surface area contributed by atoms with Crippen LogP contribution in [0, 0.1) is 5.82 Å². The van der Waals surface area contributed by atoms with E-state index in [1.54, 1.807) is 6.07 Å². The number of pyridine rings is 1. The lowest BCUT2D eigenvalue weighted by molar-refractivity contribution is -0.133. The highest BCUT2D eigenvalue weighted by atomic mass is 19.1. The van der Waals surface area contributed by atoms with Crippen molar-refractivity contribution in [2.75, 3.05) is 25.0 Å². The van der Waals surface area contributed by atoms with Crippen LogP contribution in [0.5, 0.6) is 0 Å². The number of hydrogen-bond donors (Lipinski definition) is 1. The Morgan fingerprint density at radius 2 is 2.35 bits per heavy atom. The zero-order valence-electron chi connectivity index (χ0n) is 9.66. The molecule has 1 amide bonds. The van der Waals surface area contributed by atoms with Crippen LogP contribution in [-0.4, -0.2) is 35.4 Å². The predicted molar refractivity (Wildman–Crippen MR) is 63.1 cm³/mol. The van der Waals surface area contributed by atoms with Crippen LogP contribution >= 0.6 is 0 Å². The van der Waals surface area contributed by atoms with Gasteiger partial charge in [-0.1, -0.05) is 0 Å². The second-order valence-electron chi connectivity index (χ2n) is 4.10. The van der Waals surface area contributed by atoms with Gasteiger partial charge in [-0.25, -0.2) is 9.37 Å². The monoisotopic (exact) mass is 237 g/mol. The smallest absolute Gasteiger partial charge is 0.222 e.